The molecule has 8 heteroatoms. The number of nitrogens with one attached hydrogen (secondary N) is 1. The van der Waals surface area contributed by atoms with Gasteiger partial charge in [0, 0.05) is 0 Å². The van der Waals surface area contributed by atoms with Gasteiger partial charge in [-0.05, 0) is 43.2 Å². The van der Waals surface area contributed by atoms with Crippen LogP contribution in [0.15, 0.2) is 29.2 Å². The van der Waals surface area contributed by atoms with Gasteiger partial charge in [0.05, 0.1) is 0 Å². The van der Waals surface area contributed by atoms with Crippen LogP contribution in [0.25, 0.3) is 0 Å². The Hall–Kier alpha value is -1.93. The van der Waals surface area contributed by atoms with Crippen LogP contribution in [0.1, 0.15) is 20.8 Å². The first-order valence-electron chi connectivity index (χ1n) is 5.83. The van der Waals surface area contributed by atoms with Crippen molar-refractivity contribution in [1.29, 1.82) is 0 Å². The number of anilines is 1. The van der Waals surface area contributed by atoms with E-state index in [9.17, 15) is 17.6 Å². The molecule has 2 rings (SSSR count). The molecular weight excluding hydrogens is 317 g/mol. The molecule has 21 heavy (non-hydrogen) atoms. The summed E-state index contributed by atoms with van der Waals surface area (Å²) in [4.78, 5) is 10.5. The normalized spacial score (nSPS) is 11.4. The lowest BCUT2D eigenvalue weighted by Crippen LogP contribution is -2.14. The lowest BCUT2D eigenvalue weighted by atomic mass is 10.2. The molecular formula is C13H12FNO4S2. The third-order valence-electron chi connectivity index (χ3n) is 2.72. The van der Waals surface area contributed by atoms with E-state index >= 15 is 0 Å². The van der Waals surface area contributed by atoms with Crippen molar-refractivity contribution in [3.05, 3.63) is 46.1 Å². The van der Waals surface area contributed by atoms with E-state index in [0.29, 0.717) is 11.1 Å². The molecule has 0 saturated heterocycles. The van der Waals surface area contributed by atoms with Crippen LogP contribution in [0.5, 0.6) is 0 Å². The van der Waals surface area contributed by atoms with Crippen LogP contribution in [0.4, 0.5) is 9.39 Å². The van der Waals surface area contributed by atoms with Gasteiger partial charge >= 0.3 is 5.97 Å². The average Bonchev–Trinajstić information content (AvgIpc) is 2.72. The average molecular weight is 329 g/mol. The van der Waals surface area contributed by atoms with Crippen LogP contribution < -0.4 is 4.72 Å². The molecule has 2 aromatic rings. The van der Waals surface area contributed by atoms with E-state index in [0.717, 1.165) is 17.4 Å². The third kappa shape index (κ3) is 3.22. The smallest absolute Gasteiger partial charge is 0.346 e. The van der Waals surface area contributed by atoms with Gasteiger partial charge in [-0.25, -0.2) is 17.6 Å². The maximum atomic E-state index is 13.7. The molecule has 0 unspecified atom stereocenters. The Morgan fingerprint density at radius 3 is 2.52 bits per heavy atom. The molecule has 1 heterocycles. The van der Waals surface area contributed by atoms with Gasteiger partial charge in [-0.1, -0.05) is 6.07 Å². The maximum Gasteiger partial charge on any atom is 0.346 e. The molecule has 0 saturated carbocycles. The number of hydrogen-bond donors (Lipinski definition) is 2. The molecule has 5 nitrogen and oxygen atoms in total. The molecule has 2 N–H and O–H groups in total. The van der Waals surface area contributed by atoms with Gasteiger partial charge in [0.25, 0.3) is 10.0 Å². The fraction of sp³-hybridized carbons (Fsp3) is 0.154. The number of carboxylic acid groups (broad SMARTS) is 1. The van der Waals surface area contributed by atoms with E-state index in [1.165, 1.54) is 18.2 Å². The highest BCUT2D eigenvalue weighted by atomic mass is 32.2. The number of halogens is 1. The number of aryl methyl sites for hydroxylation is 2. The van der Waals surface area contributed by atoms with Crippen molar-refractivity contribution in [3.8, 4) is 0 Å². The Balaban J connectivity index is 2.40. The number of hydrogen-bond acceptors (Lipinski definition) is 4. The first-order chi connectivity index (χ1) is 9.70. The van der Waals surface area contributed by atoms with Crippen molar-refractivity contribution in [3.63, 3.8) is 0 Å². The molecule has 0 atom stereocenters. The van der Waals surface area contributed by atoms with Gasteiger partial charge in [0.15, 0.2) is 0 Å². The summed E-state index contributed by atoms with van der Waals surface area (Å²) in [6.07, 6.45) is 0. The highest BCUT2D eigenvalue weighted by molar-refractivity contribution is 7.93. The Morgan fingerprint density at radius 2 is 1.95 bits per heavy atom. The number of carboxylic acids is 1. The van der Waals surface area contributed by atoms with E-state index in [2.05, 4.69) is 4.72 Å². The van der Waals surface area contributed by atoms with Crippen molar-refractivity contribution in [2.45, 2.75) is 18.7 Å². The highest BCUT2D eigenvalue weighted by Gasteiger charge is 2.21. The maximum absolute atomic E-state index is 13.7. The van der Waals surface area contributed by atoms with Gasteiger partial charge < -0.3 is 5.11 Å². The number of thiophene rings is 1. The quantitative estimate of drug-likeness (QED) is 0.903. The first kappa shape index (κ1) is 15.5. The molecule has 0 aliphatic rings. The molecule has 0 aliphatic heterocycles. The second-order valence-corrected chi connectivity index (χ2v) is 7.17. The van der Waals surface area contributed by atoms with Crippen LogP contribution in [0.2, 0.25) is 0 Å². The summed E-state index contributed by atoms with van der Waals surface area (Å²) in [5.41, 5.74) is 1.04. The summed E-state index contributed by atoms with van der Waals surface area (Å²) >= 11 is 0.787. The van der Waals surface area contributed by atoms with E-state index in [4.69, 9.17) is 5.11 Å². The molecule has 0 spiro atoms. The minimum Gasteiger partial charge on any atom is -0.477 e. The van der Waals surface area contributed by atoms with Crippen molar-refractivity contribution in [2.24, 2.45) is 0 Å². The largest absolute Gasteiger partial charge is 0.477 e. The Morgan fingerprint density at radius 1 is 1.29 bits per heavy atom. The first-order valence-corrected chi connectivity index (χ1v) is 8.13. The van der Waals surface area contributed by atoms with E-state index < -0.39 is 26.7 Å². The molecule has 0 bridgehead atoms. The number of sulfonamides is 1. The van der Waals surface area contributed by atoms with Crippen molar-refractivity contribution in [1.82, 2.24) is 0 Å². The summed E-state index contributed by atoms with van der Waals surface area (Å²) in [6, 6.07) is 5.16. The SMILES string of the molecule is Cc1ccc(F)c(S(=O)(=O)Nc2cc(C)c(C(=O)O)s2)c1. The number of benzene rings is 1. The highest BCUT2D eigenvalue weighted by Crippen LogP contribution is 2.29. The minimum absolute atomic E-state index is 0.0393. The van der Waals surface area contributed by atoms with Gasteiger partial charge in [-0.15, -0.1) is 11.3 Å². The topological polar surface area (TPSA) is 83.5 Å². The Bertz CT molecular complexity index is 812. The van der Waals surface area contributed by atoms with Gasteiger partial charge in [0.1, 0.15) is 20.6 Å². The fourth-order valence-electron chi connectivity index (χ4n) is 1.75. The molecule has 112 valence electrons. The molecule has 0 fully saturated rings. The van der Waals surface area contributed by atoms with Crippen LogP contribution >= 0.6 is 11.3 Å². The summed E-state index contributed by atoms with van der Waals surface area (Å²) in [5.74, 6) is -2.00. The van der Waals surface area contributed by atoms with Crippen molar-refractivity contribution < 1.29 is 22.7 Å². The summed E-state index contributed by atoms with van der Waals surface area (Å²) in [6.45, 7) is 3.21. The van der Waals surface area contributed by atoms with E-state index in [-0.39, 0.29) is 9.88 Å². The number of rotatable bonds is 4. The second-order valence-electron chi connectivity index (χ2n) is 4.47. The van der Waals surface area contributed by atoms with Crippen molar-refractivity contribution in [2.75, 3.05) is 4.72 Å². The molecule has 0 radical (unpaired) electrons. The van der Waals surface area contributed by atoms with Crippen LogP contribution in [0.3, 0.4) is 0 Å². The standard InChI is InChI=1S/C13H12FNO4S2/c1-7-3-4-9(14)10(5-7)21(18,19)15-11-6-8(2)12(20-11)13(16)17/h3-6,15H,1-2H3,(H,16,17). The number of carbonyl (C=O) groups is 1. The monoisotopic (exact) mass is 329 g/mol. The van der Waals surface area contributed by atoms with Gasteiger partial charge in [-0.2, -0.15) is 0 Å². The Labute approximate surface area is 125 Å². The molecule has 1 aromatic carbocycles. The van der Waals surface area contributed by atoms with Gasteiger partial charge in [0.2, 0.25) is 0 Å². The predicted molar refractivity (Wildman–Crippen MR) is 78.0 cm³/mol. The van der Waals surface area contributed by atoms with Crippen LogP contribution in [-0.2, 0) is 10.0 Å². The third-order valence-corrected chi connectivity index (χ3v) is 5.37. The second kappa shape index (κ2) is 5.45. The van der Waals surface area contributed by atoms with Crippen molar-refractivity contribution >= 4 is 32.3 Å². The zero-order valence-corrected chi connectivity index (χ0v) is 12.8. The van der Waals surface area contributed by atoms with E-state index in [1.807, 2.05) is 0 Å². The number of aromatic carboxylic acids is 1. The Kier molecular flexibility index (Phi) is 4.02. The minimum atomic E-state index is -4.10. The summed E-state index contributed by atoms with van der Waals surface area (Å²) in [5, 5.41) is 9.08. The van der Waals surface area contributed by atoms with E-state index in [1.54, 1.807) is 13.8 Å². The summed E-state index contributed by atoms with van der Waals surface area (Å²) in [7, 11) is -4.10. The van der Waals surface area contributed by atoms with Gasteiger partial charge in [-0.3, -0.25) is 4.72 Å². The fourth-order valence-corrected chi connectivity index (χ4v) is 4.11. The molecule has 1 aromatic heterocycles. The zero-order chi connectivity index (χ0) is 15.8. The van der Waals surface area contributed by atoms with Crippen LogP contribution in [0, 0.1) is 19.7 Å². The molecule has 0 aliphatic carbocycles. The van der Waals surface area contributed by atoms with Crippen LogP contribution in [-0.4, -0.2) is 19.5 Å². The lowest BCUT2D eigenvalue weighted by molar-refractivity contribution is 0.0701. The lowest BCUT2D eigenvalue weighted by Gasteiger charge is -2.07. The zero-order valence-electron chi connectivity index (χ0n) is 11.2. The predicted octanol–water partition coefficient (Wildman–Crippen LogP) is 3.00. The summed E-state index contributed by atoms with van der Waals surface area (Å²) < 4.78 is 40.2. The molecule has 0 amide bonds.